The molecule has 3 aromatic rings. The Morgan fingerprint density at radius 2 is 1.91 bits per heavy atom. The number of amides is 1. The van der Waals surface area contributed by atoms with Crippen molar-refractivity contribution in [2.24, 2.45) is 7.05 Å². The van der Waals surface area contributed by atoms with Crippen LogP contribution in [0.4, 0.5) is 13.2 Å². The van der Waals surface area contributed by atoms with Gasteiger partial charge >= 0.3 is 12.1 Å². The second-order valence-corrected chi connectivity index (χ2v) is 7.70. The molecule has 0 aliphatic carbocycles. The molecular weight excluding hydrogens is 453 g/mol. The molecule has 1 aromatic heterocycles. The normalized spacial score (nSPS) is 16.0. The van der Waals surface area contributed by atoms with Crippen LogP contribution in [0.5, 0.6) is 5.75 Å². The number of carboxylic acids is 1. The number of carbonyl (C=O) groups is 2. The summed E-state index contributed by atoms with van der Waals surface area (Å²) in [4.78, 5) is 23.4. The summed E-state index contributed by atoms with van der Waals surface area (Å²) in [7, 11) is 1.90. The van der Waals surface area contributed by atoms with Crippen molar-refractivity contribution >= 4 is 22.6 Å². The van der Waals surface area contributed by atoms with Gasteiger partial charge in [0, 0.05) is 38.4 Å². The van der Waals surface area contributed by atoms with Gasteiger partial charge in [-0.15, -0.1) is 0 Å². The molecule has 2 heterocycles. The molecule has 1 aliphatic heterocycles. The highest BCUT2D eigenvalue weighted by Crippen LogP contribution is 2.21. The Balaban J connectivity index is 0.000000406. The highest BCUT2D eigenvalue weighted by Gasteiger charge is 2.38. The number of hydrogen-bond donors (Lipinski definition) is 2. The molecule has 11 heteroatoms. The third kappa shape index (κ3) is 6.95. The first-order valence-corrected chi connectivity index (χ1v) is 10.5. The van der Waals surface area contributed by atoms with Gasteiger partial charge in [-0.3, -0.25) is 9.48 Å². The molecule has 1 fully saturated rings. The molecule has 4 rings (SSSR count). The maximum Gasteiger partial charge on any atom is 0.490 e. The van der Waals surface area contributed by atoms with Crippen molar-refractivity contribution in [1.82, 2.24) is 20.0 Å². The van der Waals surface area contributed by atoms with E-state index in [-0.39, 0.29) is 11.9 Å². The molecule has 0 bridgehead atoms. The van der Waals surface area contributed by atoms with Crippen molar-refractivity contribution in [3.8, 4) is 5.75 Å². The van der Waals surface area contributed by atoms with Crippen LogP contribution in [0.2, 0.25) is 0 Å². The van der Waals surface area contributed by atoms with E-state index in [0.717, 1.165) is 29.8 Å². The van der Waals surface area contributed by atoms with Crippen LogP contribution in [0.1, 0.15) is 18.0 Å². The van der Waals surface area contributed by atoms with Gasteiger partial charge in [0.05, 0.1) is 25.3 Å². The van der Waals surface area contributed by atoms with Gasteiger partial charge in [0.2, 0.25) is 5.91 Å². The van der Waals surface area contributed by atoms with Crippen LogP contribution >= 0.6 is 0 Å². The first kappa shape index (κ1) is 25.0. The van der Waals surface area contributed by atoms with Gasteiger partial charge < -0.3 is 20.1 Å². The molecule has 2 N–H and O–H groups in total. The first-order chi connectivity index (χ1) is 16.1. The minimum Gasteiger partial charge on any atom is -0.493 e. The lowest BCUT2D eigenvalue weighted by atomic mass is 10.1. The zero-order valence-electron chi connectivity index (χ0n) is 18.5. The van der Waals surface area contributed by atoms with Gasteiger partial charge in [0.1, 0.15) is 5.75 Å². The monoisotopic (exact) mass is 478 g/mol. The minimum absolute atomic E-state index is 0.131. The fourth-order valence-corrected chi connectivity index (χ4v) is 3.49. The zero-order valence-corrected chi connectivity index (χ0v) is 18.5. The number of ether oxygens (including phenoxy) is 1. The van der Waals surface area contributed by atoms with E-state index in [1.807, 2.05) is 54.7 Å². The number of fused-ring (bicyclic) bond motifs is 1. The molecule has 1 atom stereocenters. The molecule has 0 saturated carbocycles. The fourth-order valence-electron chi connectivity index (χ4n) is 3.49. The van der Waals surface area contributed by atoms with Crippen LogP contribution in [0.15, 0.2) is 54.9 Å². The molecule has 2 aromatic carbocycles. The lowest BCUT2D eigenvalue weighted by Gasteiger charge is -2.33. The number of aromatic nitrogens is 2. The van der Waals surface area contributed by atoms with Crippen molar-refractivity contribution in [2.45, 2.75) is 18.6 Å². The molecule has 1 amide bonds. The molecule has 8 nitrogen and oxygen atoms in total. The van der Waals surface area contributed by atoms with Crippen molar-refractivity contribution in [2.75, 3.05) is 26.2 Å². The Morgan fingerprint density at radius 3 is 2.56 bits per heavy atom. The maximum atomic E-state index is 12.6. The number of aryl methyl sites for hydroxylation is 1. The molecule has 0 radical (unpaired) electrons. The van der Waals surface area contributed by atoms with Crippen LogP contribution < -0.4 is 10.1 Å². The third-order valence-electron chi connectivity index (χ3n) is 5.20. The largest absolute Gasteiger partial charge is 0.493 e. The number of rotatable bonds is 5. The van der Waals surface area contributed by atoms with E-state index < -0.39 is 12.1 Å². The molecule has 1 aliphatic rings. The molecule has 1 saturated heterocycles. The van der Waals surface area contributed by atoms with Crippen molar-refractivity contribution in [3.63, 3.8) is 0 Å². The van der Waals surface area contributed by atoms with Gasteiger partial charge in [-0.25, -0.2) is 4.79 Å². The summed E-state index contributed by atoms with van der Waals surface area (Å²) < 4.78 is 39.3. The lowest BCUT2D eigenvalue weighted by Crippen LogP contribution is -2.48. The van der Waals surface area contributed by atoms with Gasteiger partial charge in [0.15, 0.2) is 0 Å². The number of carboxylic acid groups (broad SMARTS) is 1. The van der Waals surface area contributed by atoms with Gasteiger partial charge in [-0.2, -0.15) is 18.3 Å². The van der Waals surface area contributed by atoms with E-state index in [0.29, 0.717) is 19.6 Å². The molecule has 1 unspecified atom stereocenters. The van der Waals surface area contributed by atoms with E-state index in [4.69, 9.17) is 14.6 Å². The predicted molar refractivity (Wildman–Crippen MR) is 118 cm³/mol. The number of benzene rings is 2. The SMILES string of the molecule is Cn1cc(C2CN(C(=O)CCOc3ccc4ccccc4c3)CCN2)cn1.O=C(O)C(F)(F)F. The summed E-state index contributed by atoms with van der Waals surface area (Å²) in [6, 6.07) is 14.3. The van der Waals surface area contributed by atoms with Gasteiger partial charge in [-0.05, 0) is 22.9 Å². The second-order valence-electron chi connectivity index (χ2n) is 7.70. The van der Waals surface area contributed by atoms with Crippen molar-refractivity contribution in [1.29, 1.82) is 0 Å². The molecular formula is C23H25F3N4O4. The highest BCUT2D eigenvalue weighted by atomic mass is 19.4. The summed E-state index contributed by atoms with van der Waals surface area (Å²) in [5.74, 6) is -1.83. The summed E-state index contributed by atoms with van der Waals surface area (Å²) in [6.07, 6.45) is -0.852. The average Bonchev–Trinajstić information content (AvgIpc) is 3.25. The van der Waals surface area contributed by atoms with Crippen molar-refractivity contribution in [3.05, 3.63) is 60.4 Å². The van der Waals surface area contributed by atoms with Crippen LogP contribution in [-0.2, 0) is 16.6 Å². The summed E-state index contributed by atoms with van der Waals surface area (Å²) in [6.45, 7) is 2.57. The number of halogens is 3. The Kier molecular flexibility index (Phi) is 8.11. The quantitative estimate of drug-likeness (QED) is 0.585. The number of nitrogens with one attached hydrogen (secondary N) is 1. The van der Waals surface area contributed by atoms with Gasteiger partial charge in [0.25, 0.3) is 0 Å². The number of carbonyl (C=O) groups excluding carboxylic acids is 1. The summed E-state index contributed by atoms with van der Waals surface area (Å²) in [5.41, 5.74) is 1.11. The highest BCUT2D eigenvalue weighted by molar-refractivity contribution is 5.83. The molecule has 34 heavy (non-hydrogen) atoms. The Bertz CT molecular complexity index is 1130. The van der Waals surface area contributed by atoms with Crippen LogP contribution in [-0.4, -0.2) is 64.1 Å². The summed E-state index contributed by atoms with van der Waals surface area (Å²) in [5, 5.41) is 17.1. The average molecular weight is 478 g/mol. The predicted octanol–water partition coefficient (Wildman–Crippen LogP) is 3.15. The number of nitrogens with zero attached hydrogens (tertiary/aromatic N) is 3. The van der Waals surface area contributed by atoms with E-state index in [9.17, 15) is 18.0 Å². The van der Waals surface area contributed by atoms with Crippen LogP contribution in [0.3, 0.4) is 0 Å². The first-order valence-electron chi connectivity index (χ1n) is 10.5. The number of piperazine rings is 1. The van der Waals surface area contributed by atoms with E-state index in [2.05, 4.69) is 22.5 Å². The summed E-state index contributed by atoms with van der Waals surface area (Å²) >= 11 is 0. The molecule has 182 valence electrons. The van der Waals surface area contributed by atoms with E-state index >= 15 is 0 Å². The Hall–Kier alpha value is -3.60. The topological polar surface area (TPSA) is 96.7 Å². The zero-order chi connectivity index (χ0) is 24.7. The number of hydrogen-bond acceptors (Lipinski definition) is 5. The third-order valence-corrected chi connectivity index (χ3v) is 5.20. The Labute approximate surface area is 193 Å². The van der Waals surface area contributed by atoms with Gasteiger partial charge in [-0.1, -0.05) is 30.3 Å². The van der Waals surface area contributed by atoms with Crippen LogP contribution in [0.25, 0.3) is 10.8 Å². The standard InChI is InChI=1S/C21H24N4O2.C2HF3O2/c1-24-14-18(13-23-24)20-15-25(10-9-22-20)21(26)8-11-27-19-7-6-16-4-2-3-5-17(16)12-19;3-2(4,5)1(6)7/h2-7,12-14,20,22H,8-11,15H2,1H3;(H,6,7). The maximum absolute atomic E-state index is 12.6. The second kappa shape index (κ2) is 11.0. The Morgan fingerprint density at radius 1 is 1.21 bits per heavy atom. The van der Waals surface area contributed by atoms with Crippen LogP contribution in [0, 0.1) is 0 Å². The van der Waals surface area contributed by atoms with E-state index in [1.165, 1.54) is 5.39 Å². The molecule has 0 spiro atoms. The number of alkyl halides is 3. The van der Waals surface area contributed by atoms with E-state index in [1.54, 1.807) is 4.68 Å². The number of aliphatic carboxylic acids is 1. The lowest BCUT2D eigenvalue weighted by molar-refractivity contribution is -0.192. The van der Waals surface area contributed by atoms with Crippen molar-refractivity contribution < 1.29 is 32.6 Å². The fraction of sp³-hybridized carbons (Fsp3) is 0.348. The minimum atomic E-state index is -5.08. The smallest absolute Gasteiger partial charge is 0.490 e.